The van der Waals surface area contributed by atoms with Gasteiger partial charge in [0.05, 0.1) is 0 Å². The average molecular weight is 228 g/mol. The first-order chi connectivity index (χ1) is 8.33. The monoisotopic (exact) mass is 228 g/mol. The van der Waals surface area contributed by atoms with Crippen LogP contribution in [0.5, 0.6) is 5.75 Å². The van der Waals surface area contributed by atoms with Crippen LogP contribution in [0, 0.1) is 0 Å². The van der Waals surface area contributed by atoms with E-state index < -0.39 is 0 Å². The van der Waals surface area contributed by atoms with Gasteiger partial charge in [-0.05, 0) is 21.5 Å². The van der Waals surface area contributed by atoms with Gasteiger partial charge >= 0.3 is 18.9 Å². The van der Waals surface area contributed by atoms with Gasteiger partial charge in [-0.15, -0.1) is 0 Å². The minimum atomic E-state index is -0.186. The summed E-state index contributed by atoms with van der Waals surface area (Å²) in [5.74, 6) is -0.186. The van der Waals surface area contributed by atoms with E-state index >= 15 is 0 Å². The van der Waals surface area contributed by atoms with E-state index in [4.69, 9.17) is 0 Å². The number of hydrogen-bond donors (Lipinski definition) is 0. The molecule has 0 aliphatic rings. The normalized spacial score (nSPS) is 10.2. The smallest absolute Gasteiger partial charge is 0.872 e. The fourth-order valence-corrected chi connectivity index (χ4v) is 2.25. The zero-order valence-electron chi connectivity index (χ0n) is 10.0. The van der Waals surface area contributed by atoms with Gasteiger partial charge in [0.1, 0.15) is 6.29 Å². The van der Waals surface area contributed by atoms with Gasteiger partial charge in [0.2, 0.25) is 0 Å². The van der Waals surface area contributed by atoms with Crippen LogP contribution in [-0.2, 0) is 0 Å². The average Bonchev–Trinajstić information content (AvgIpc) is 2.40. The summed E-state index contributed by atoms with van der Waals surface area (Å²) in [7, 11) is 0. The molecule has 3 heteroatoms. The Kier molecular flexibility index (Phi) is 3.43. The molecule has 82 valence electrons. The van der Waals surface area contributed by atoms with Crippen molar-refractivity contribution < 1.29 is 28.8 Å². The molecule has 0 aliphatic carbocycles. The van der Waals surface area contributed by atoms with Gasteiger partial charge < -0.3 is 5.11 Å². The molecule has 0 saturated heterocycles. The van der Waals surface area contributed by atoms with Crippen LogP contribution in [-0.4, -0.2) is 6.29 Å². The molecule has 0 fully saturated rings. The molecule has 0 aliphatic heterocycles. The largest absolute Gasteiger partial charge is 1.00 e. The van der Waals surface area contributed by atoms with Crippen LogP contribution in [0.1, 0.15) is 10.4 Å². The van der Waals surface area contributed by atoms with Crippen molar-refractivity contribution in [1.82, 2.24) is 0 Å². The molecule has 0 aromatic heterocycles. The molecule has 2 nitrogen and oxygen atoms in total. The third kappa shape index (κ3) is 1.71. The SMILES string of the molecule is O=Cc1c([O-])c2ccccc2c2ccccc12.[Li+]. The number of carbonyl (C=O) groups is 1. The van der Waals surface area contributed by atoms with E-state index in [1.165, 1.54) is 0 Å². The van der Waals surface area contributed by atoms with Gasteiger partial charge in [0.25, 0.3) is 0 Å². The topological polar surface area (TPSA) is 40.1 Å². The van der Waals surface area contributed by atoms with Gasteiger partial charge in [-0.25, -0.2) is 0 Å². The molecule has 0 saturated carbocycles. The number of fused-ring (bicyclic) bond motifs is 3. The third-order valence-corrected chi connectivity index (χ3v) is 3.04. The Morgan fingerprint density at radius 1 is 0.778 bits per heavy atom. The van der Waals surface area contributed by atoms with Crippen LogP contribution in [0.15, 0.2) is 48.5 Å². The van der Waals surface area contributed by atoms with Crippen molar-refractivity contribution in [2.45, 2.75) is 0 Å². The molecule has 0 heterocycles. The maximum absolute atomic E-state index is 12.1. The maximum Gasteiger partial charge on any atom is 1.00 e. The molecular formula is C15H9LiO2. The summed E-state index contributed by atoms with van der Waals surface area (Å²) in [6, 6.07) is 14.9. The molecular weight excluding hydrogens is 219 g/mol. The zero-order valence-corrected chi connectivity index (χ0v) is 10.0. The predicted molar refractivity (Wildman–Crippen MR) is 66.3 cm³/mol. The summed E-state index contributed by atoms with van der Waals surface area (Å²) in [4.78, 5) is 11.1. The van der Waals surface area contributed by atoms with Gasteiger partial charge in [0, 0.05) is 5.56 Å². The summed E-state index contributed by atoms with van der Waals surface area (Å²) in [6.45, 7) is 0. The maximum atomic E-state index is 12.1. The second-order valence-corrected chi connectivity index (χ2v) is 3.95. The summed E-state index contributed by atoms with van der Waals surface area (Å²) in [5, 5.41) is 15.3. The van der Waals surface area contributed by atoms with E-state index in [1.807, 2.05) is 42.5 Å². The first-order valence-electron chi connectivity index (χ1n) is 5.38. The van der Waals surface area contributed by atoms with E-state index in [0.29, 0.717) is 11.7 Å². The first-order valence-corrected chi connectivity index (χ1v) is 5.38. The summed E-state index contributed by atoms with van der Waals surface area (Å²) >= 11 is 0. The Balaban J connectivity index is 0.00000120. The molecule has 0 amide bonds. The predicted octanol–water partition coefficient (Wildman–Crippen LogP) is -0.117. The molecule has 0 N–H and O–H groups in total. The Morgan fingerprint density at radius 2 is 1.22 bits per heavy atom. The van der Waals surface area contributed by atoms with Crippen molar-refractivity contribution in [3.63, 3.8) is 0 Å². The Bertz CT molecular complexity index is 735. The standard InChI is InChI=1S/C15H10O2.Li/c16-9-14-12-7-2-1-5-10(12)11-6-3-4-8-13(11)15(14)17;/h1-9,17H;/q;+1/p-1. The number of rotatable bonds is 1. The summed E-state index contributed by atoms with van der Waals surface area (Å²) < 4.78 is 0. The van der Waals surface area contributed by atoms with Crippen molar-refractivity contribution in [1.29, 1.82) is 0 Å². The minimum Gasteiger partial charge on any atom is -0.872 e. The van der Waals surface area contributed by atoms with E-state index in [0.717, 1.165) is 16.2 Å². The molecule has 0 spiro atoms. The van der Waals surface area contributed by atoms with E-state index in [1.54, 1.807) is 6.07 Å². The second-order valence-electron chi connectivity index (χ2n) is 3.95. The molecule has 0 unspecified atom stereocenters. The Hall–Kier alpha value is -1.75. The Labute approximate surface area is 116 Å². The Morgan fingerprint density at radius 3 is 1.78 bits per heavy atom. The van der Waals surface area contributed by atoms with E-state index in [9.17, 15) is 9.90 Å². The zero-order chi connectivity index (χ0) is 11.8. The molecule has 0 bridgehead atoms. The third-order valence-electron chi connectivity index (χ3n) is 3.04. The minimum absolute atomic E-state index is 0. The van der Waals surface area contributed by atoms with Crippen LogP contribution in [0.3, 0.4) is 0 Å². The van der Waals surface area contributed by atoms with Crippen molar-refractivity contribution in [3.8, 4) is 5.75 Å². The van der Waals surface area contributed by atoms with Crippen molar-refractivity contribution in [2.24, 2.45) is 0 Å². The molecule has 3 aromatic rings. The van der Waals surface area contributed by atoms with E-state index in [-0.39, 0.29) is 30.2 Å². The van der Waals surface area contributed by atoms with Gasteiger partial charge in [0.15, 0.2) is 0 Å². The molecule has 18 heavy (non-hydrogen) atoms. The molecule has 3 aromatic carbocycles. The van der Waals surface area contributed by atoms with Gasteiger partial charge in [-0.2, -0.15) is 0 Å². The molecule has 0 atom stereocenters. The van der Waals surface area contributed by atoms with Gasteiger partial charge in [-0.1, -0.05) is 54.3 Å². The molecule has 3 rings (SSSR count). The summed E-state index contributed by atoms with van der Waals surface area (Å²) in [6.07, 6.45) is 0.650. The fourth-order valence-electron chi connectivity index (χ4n) is 2.25. The number of aldehydes is 1. The number of hydrogen-bond acceptors (Lipinski definition) is 2. The van der Waals surface area contributed by atoms with Gasteiger partial charge in [-0.3, -0.25) is 4.79 Å². The van der Waals surface area contributed by atoms with Crippen LogP contribution in [0.2, 0.25) is 0 Å². The fraction of sp³-hybridized carbons (Fsp3) is 0. The number of benzene rings is 3. The van der Waals surface area contributed by atoms with Crippen molar-refractivity contribution >= 4 is 27.8 Å². The van der Waals surface area contributed by atoms with Crippen LogP contribution < -0.4 is 24.0 Å². The summed E-state index contributed by atoms with van der Waals surface area (Å²) in [5.41, 5.74) is 0.249. The second kappa shape index (κ2) is 4.86. The van der Waals surface area contributed by atoms with Crippen LogP contribution in [0.4, 0.5) is 0 Å². The molecule has 0 radical (unpaired) electrons. The van der Waals surface area contributed by atoms with Crippen molar-refractivity contribution in [2.75, 3.05) is 0 Å². The quantitative estimate of drug-likeness (QED) is 0.331. The van der Waals surface area contributed by atoms with Crippen molar-refractivity contribution in [3.05, 3.63) is 54.1 Å². The van der Waals surface area contributed by atoms with E-state index in [2.05, 4.69) is 0 Å². The number of carbonyl (C=O) groups excluding carboxylic acids is 1. The van der Waals surface area contributed by atoms with Crippen LogP contribution >= 0.6 is 0 Å². The first kappa shape index (κ1) is 12.7. The van der Waals surface area contributed by atoms with Crippen LogP contribution in [0.25, 0.3) is 21.5 Å².